The topological polar surface area (TPSA) is 58.2 Å². The Kier molecular flexibility index (Phi) is 6.97. The molecule has 0 aromatic heterocycles. The summed E-state index contributed by atoms with van der Waals surface area (Å²) >= 11 is 13.2. The smallest absolute Gasteiger partial charge is 0.234 e. The molecule has 0 aliphatic rings. The van der Waals surface area contributed by atoms with Crippen molar-refractivity contribution in [1.29, 1.82) is 0 Å². The van der Waals surface area contributed by atoms with Gasteiger partial charge in [0, 0.05) is 10.7 Å². The van der Waals surface area contributed by atoms with E-state index >= 15 is 0 Å². The Labute approximate surface area is 154 Å². The lowest BCUT2D eigenvalue weighted by molar-refractivity contribution is -0.114. The summed E-state index contributed by atoms with van der Waals surface area (Å²) in [6.45, 7) is 1.89. The number of nitrogens with one attached hydrogen (secondary N) is 2. The number of hydrogen-bond acceptors (Lipinski definition) is 3. The molecule has 0 saturated carbocycles. The highest BCUT2D eigenvalue weighted by Crippen LogP contribution is 2.21. The van der Waals surface area contributed by atoms with Crippen LogP contribution in [-0.2, 0) is 9.59 Å². The lowest BCUT2D eigenvalue weighted by Gasteiger charge is -2.08. The minimum atomic E-state index is -0.209. The van der Waals surface area contributed by atoms with Crippen molar-refractivity contribution in [3.05, 3.63) is 58.1 Å². The van der Waals surface area contributed by atoms with E-state index in [1.807, 2.05) is 13.0 Å². The Hall–Kier alpha value is -1.69. The maximum atomic E-state index is 11.9. The third-order valence-electron chi connectivity index (χ3n) is 3.07. The standard InChI is InChI=1S/C17H16Cl2N2O2S/c1-11-6-7-12(8-14(11)19)20-16(22)9-24-10-17(23)21-15-5-3-2-4-13(15)18/h2-8H,9-10H2,1H3,(H,20,22)(H,21,23). The normalized spacial score (nSPS) is 10.3. The summed E-state index contributed by atoms with van der Waals surface area (Å²) in [5.41, 5.74) is 2.14. The highest BCUT2D eigenvalue weighted by atomic mass is 35.5. The summed E-state index contributed by atoms with van der Waals surface area (Å²) in [5, 5.41) is 6.53. The minimum Gasteiger partial charge on any atom is -0.325 e. The van der Waals surface area contributed by atoms with Crippen molar-refractivity contribution in [2.75, 3.05) is 22.1 Å². The molecule has 0 aliphatic carbocycles. The lowest BCUT2D eigenvalue weighted by atomic mass is 10.2. The number of carbonyl (C=O) groups is 2. The van der Waals surface area contributed by atoms with Gasteiger partial charge in [0.2, 0.25) is 11.8 Å². The van der Waals surface area contributed by atoms with Crippen molar-refractivity contribution in [3.8, 4) is 0 Å². The quantitative estimate of drug-likeness (QED) is 0.766. The van der Waals surface area contributed by atoms with Crippen molar-refractivity contribution in [2.45, 2.75) is 6.92 Å². The van der Waals surface area contributed by atoms with Crippen LogP contribution in [0.5, 0.6) is 0 Å². The van der Waals surface area contributed by atoms with E-state index in [1.54, 1.807) is 36.4 Å². The van der Waals surface area contributed by atoms with E-state index in [9.17, 15) is 9.59 Å². The first kappa shape index (κ1) is 18.6. The van der Waals surface area contributed by atoms with E-state index in [2.05, 4.69) is 10.6 Å². The maximum Gasteiger partial charge on any atom is 0.234 e. The zero-order valence-electron chi connectivity index (χ0n) is 12.9. The highest BCUT2D eigenvalue weighted by molar-refractivity contribution is 8.00. The molecule has 2 N–H and O–H groups in total. The number of hydrogen-bond donors (Lipinski definition) is 2. The average molecular weight is 383 g/mol. The predicted molar refractivity (Wildman–Crippen MR) is 102 cm³/mol. The number of benzene rings is 2. The number of carbonyl (C=O) groups excluding carboxylic acids is 2. The molecule has 0 saturated heterocycles. The van der Waals surface area contributed by atoms with Crippen molar-refractivity contribution in [3.63, 3.8) is 0 Å². The Morgan fingerprint density at radius 1 is 0.958 bits per heavy atom. The van der Waals surface area contributed by atoms with Gasteiger partial charge in [0.05, 0.1) is 22.2 Å². The Morgan fingerprint density at radius 2 is 1.62 bits per heavy atom. The van der Waals surface area contributed by atoms with Crippen LogP contribution < -0.4 is 10.6 Å². The van der Waals surface area contributed by atoms with Gasteiger partial charge in [-0.05, 0) is 36.8 Å². The number of halogens is 2. The molecule has 0 heterocycles. The number of rotatable bonds is 6. The fraction of sp³-hybridized carbons (Fsp3) is 0.176. The molecule has 0 spiro atoms. The molecular formula is C17H16Cl2N2O2S. The second-order valence-corrected chi connectivity index (χ2v) is 6.83. The monoisotopic (exact) mass is 382 g/mol. The third-order valence-corrected chi connectivity index (χ3v) is 4.74. The van der Waals surface area contributed by atoms with Gasteiger partial charge in [-0.2, -0.15) is 0 Å². The van der Waals surface area contributed by atoms with Gasteiger partial charge in [0.25, 0.3) is 0 Å². The van der Waals surface area contributed by atoms with E-state index in [4.69, 9.17) is 23.2 Å². The predicted octanol–water partition coefficient (Wildman–Crippen LogP) is 4.61. The first-order valence-corrected chi connectivity index (χ1v) is 9.05. The molecule has 2 rings (SSSR count). The summed E-state index contributed by atoms with van der Waals surface area (Å²) in [4.78, 5) is 23.7. The molecular weight excluding hydrogens is 367 g/mol. The van der Waals surface area contributed by atoms with E-state index in [0.29, 0.717) is 21.4 Å². The number of thioether (sulfide) groups is 1. The minimum absolute atomic E-state index is 0.160. The van der Waals surface area contributed by atoms with Crippen LogP contribution in [0.3, 0.4) is 0 Å². The molecule has 0 fully saturated rings. The van der Waals surface area contributed by atoms with Crippen LogP contribution in [0, 0.1) is 6.92 Å². The van der Waals surface area contributed by atoms with Crippen LogP contribution >= 0.6 is 35.0 Å². The fourth-order valence-corrected chi connectivity index (χ4v) is 2.83. The molecule has 7 heteroatoms. The number of anilines is 2. The maximum absolute atomic E-state index is 11.9. The van der Waals surface area contributed by atoms with Crippen LogP contribution in [0.4, 0.5) is 11.4 Å². The van der Waals surface area contributed by atoms with E-state index in [1.165, 1.54) is 11.8 Å². The molecule has 24 heavy (non-hydrogen) atoms. The van der Waals surface area contributed by atoms with E-state index < -0.39 is 0 Å². The van der Waals surface area contributed by atoms with Crippen molar-refractivity contribution in [2.24, 2.45) is 0 Å². The summed E-state index contributed by atoms with van der Waals surface area (Å²) in [7, 11) is 0. The molecule has 2 aromatic carbocycles. The first-order chi connectivity index (χ1) is 11.5. The SMILES string of the molecule is Cc1ccc(NC(=O)CSCC(=O)Nc2ccccc2Cl)cc1Cl. The van der Waals surface area contributed by atoms with Gasteiger partial charge in [-0.25, -0.2) is 0 Å². The van der Waals surface area contributed by atoms with Crippen molar-refractivity contribution in [1.82, 2.24) is 0 Å². The van der Waals surface area contributed by atoms with Gasteiger partial charge in [-0.1, -0.05) is 41.4 Å². The molecule has 2 aromatic rings. The van der Waals surface area contributed by atoms with Gasteiger partial charge in [-0.3, -0.25) is 9.59 Å². The molecule has 0 unspecified atom stereocenters. The van der Waals surface area contributed by atoms with Crippen LogP contribution in [-0.4, -0.2) is 23.3 Å². The van der Waals surface area contributed by atoms with E-state index in [0.717, 1.165) is 5.56 Å². The summed E-state index contributed by atoms with van der Waals surface area (Å²) in [5.74, 6) is -0.0703. The van der Waals surface area contributed by atoms with Gasteiger partial charge in [0.1, 0.15) is 0 Å². The van der Waals surface area contributed by atoms with Crippen LogP contribution in [0.1, 0.15) is 5.56 Å². The first-order valence-electron chi connectivity index (χ1n) is 7.14. The molecule has 0 atom stereocenters. The molecule has 0 aliphatic heterocycles. The summed E-state index contributed by atoms with van der Waals surface area (Å²) < 4.78 is 0. The van der Waals surface area contributed by atoms with Crippen molar-refractivity contribution >= 4 is 58.2 Å². The van der Waals surface area contributed by atoms with Crippen LogP contribution in [0.15, 0.2) is 42.5 Å². The Balaban J connectivity index is 1.75. The fourth-order valence-electron chi connectivity index (χ4n) is 1.85. The van der Waals surface area contributed by atoms with Gasteiger partial charge < -0.3 is 10.6 Å². The molecule has 2 amide bonds. The number of aryl methyl sites for hydroxylation is 1. The zero-order chi connectivity index (χ0) is 17.5. The van der Waals surface area contributed by atoms with Crippen LogP contribution in [0.25, 0.3) is 0 Å². The lowest BCUT2D eigenvalue weighted by Crippen LogP contribution is -2.18. The number of para-hydroxylation sites is 1. The zero-order valence-corrected chi connectivity index (χ0v) is 15.3. The largest absolute Gasteiger partial charge is 0.325 e. The highest BCUT2D eigenvalue weighted by Gasteiger charge is 2.08. The number of amides is 2. The van der Waals surface area contributed by atoms with E-state index in [-0.39, 0.29) is 23.3 Å². The molecule has 0 bridgehead atoms. The third kappa shape index (κ3) is 5.74. The molecule has 0 radical (unpaired) electrons. The van der Waals surface area contributed by atoms with Gasteiger partial charge >= 0.3 is 0 Å². The van der Waals surface area contributed by atoms with Crippen LogP contribution in [0.2, 0.25) is 10.0 Å². The molecule has 4 nitrogen and oxygen atoms in total. The summed E-state index contributed by atoms with van der Waals surface area (Å²) in [6, 6.07) is 12.3. The van der Waals surface area contributed by atoms with Crippen molar-refractivity contribution < 1.29 is 9.59 Å². The average Bonchev–Trinajstić information content (AvgIpc) is 2.53. The second kappa shape index (κ2) is 8.97. The Morgan fingerprint density at radius 3 is 2.29 bits per heavy atom. The molecule has 126 valence electrons. The van der Waals surface area contributed by atoms with Gasteiger partial charge in [-0.15, -0.1) is 11.8 Å². The Bertz CT molecular complexity index is 753. The summed E-state index contributed by atoms with van der Waals surface area (Å²) in [6.07, 6.45) is 0. The van der Waals surface area contributed by atoms with Gasteiger partial charge in [0.15, 0.2) is 0 Å². The second-order valence-electron chi connectivity index (χ2n) is 5.03.